The lowest BCUT2D eigenvalue weighted by atomic mass is 10.1. The molecule has 0 aliphatic rings. The van der Waals surface area contributed by atoms with Crippen molar-refractivity contribution in [2.75, 3.05) is 6.61 Å². The second kappa shape index (κ2) is 9.22. The van der Waals surface area contributed by atoms with Crippen molar-refractivity contribution in [3.05, 3.63) is 65.7 Å². The second-order valence-electron chi connectivity index (χ2n) is 5.22. The maximum Gasteiger partial charge on any atom is 0.303 e. The highest BCUT2D eigenvalue weighted by Gasteiger charge is 2.09. The number of hydrogen-bond donors (Lipinski definition) is 2. The average molecular weight is 340 g/mol. The molecule has 0 saturated heterocycles. The van der Waals surface area contributed by atoms with E-state index in [0.717, 1.165) is 11.3 Å². The van der Waals surface area contributed by atoms with E-state index in [0.29, 0.717) is 17.9 Å². The molecule has 130 valence electrons. The van der Waals surface area contributed by atoms with Gasteiger partial charge in [0, 0.05) is 12.0 Å². The molecule has 0 bridgehead atoms. The number of benzene rings is 2. The standard InChI is InChI=1S/C19H20N2O4/c1-2-25-16-10-8-14(9-11-16)17(12-13-18(22)23)20-21-19(24)15-6-4-3-5-7-15/h3-11H,2,12-13H2,1H3,(H,21,24)(H,22,23)/b20-17+. The third-order valence-electron chi connectivity index (χ3n) is 3.40. The van der Waals surface area contributed by atoms with Crippen LogP contribution in [0.4, 0.5) is 0 Å². The lowest BCUT2D eigenvalue weighted by molar-refractivity contribution is -0.136. The second-order valence-corrected chi connectivity index (χ2v) is 5.22. The summed E-state index contributed by atoms with van der Waals surface area (Å²) in [6.45, 7) is 2.46. The van der Waals surface area contributed by atoms with Gasteiger partial charge in [-0.1, -0.05) is 18.2 Å². The Bertz CT molecular complexity index is 740. The molecular weight excluding hydrogens is 320 g/mol. The van der Waals surface area contributed by atoms with Crippen LogP contribution in [-0.2, 0) is 4.79 Å². The Morgan fingerprint density at radius 2 is 1.68 bits per heavy atom. The summed E-state index contributed by atoms with van der Waals surface area (Å²) in [7, 11) is 0. The third-order valence-corrected chi connectivity index (χ3v) is 3.40. The van der Waals surface area contributed by atoms with Crippen LogP contribution in [0.3, 0.4) is 0 Å². The first-order valence-electron chi connectivity index (χ1n) is 7.97. The topological polar surface area (TPSA) is 88.0 Å². The Morgan fingerprint density at radius 3 is 2.28 bits per heavy atom. The molecule has 0 unspecified atom stereocenters. The Kier molecular flexibility index (Phi) is 6.71. The summed E-state index contributed by atoms with van der Waals surface area (Å²) in [4.78, 5) is 23.0. The molecule has 2 rings (SSSR count). The zero-order chi connectivity index (χ0) is 18.1. The van der Waals surface area contributed by atoms with Gasteiger partial charge >= 0.3 is 5.97 Å². The van der Waals surface area contributed by atoms with Gasteiger partial charge in [-0.2, -0.15) is 5.10 Å². The number of amides is 1. The molecule has 2 aromatic rings. The summed E-state index contributed by atoms with van der Waals surface area (Å²) in [5.74, 6) is -0.551. The van der Waals surface area contributed by atoms with E-state index < -0.39 is 5.97 Å². The van der Waals surface area contributed by atoms with Crippen molar-refractivity contribution >= 4 is 17.6 Å². The number of nitrogens with one attached hydrogen (secondary N) is 1. The minimum Gasteiger partial charge on any atom is -0.494 e. The van der Waals surface area contributed by atoms with E-state index >= 15 is 0 Å². The number of carbonyl (C=O) groups excluding carboxylic acids is 1. The van der Waals surface area contributed by atoms with Crippen LogP contribution in [-0.4, -0.2) is 29.3 Å². The number of hydrogen-bond acceptors (Lipinski definition) is 4. The maximum absolute atomic E-state index is 12.1. The van der Waals surface area contributed by atoms with Crippen molar-refractivity contribution < 1.29 is 19.4 Å². The third kappa shape index (κ3) is 5.76. The first kappa shape index (κ1) is 18.2. The van der Waals surface area contributed by atoms with Crippen molar-refractivity contribution in [2.24, 2.45) is 5.10 Å². The van der Waals surface area contributed by atoms with Crippen molar-refractivity contribution in [1.82, 2.24) is 5.43 Å². The number of carboxylic acid groups (broad SMARTS) is 1. The number of carboxylic acids is 1. The number of rotatable bonds is 8. The highest BCUT2D eigenvalue weighted by molar-refractivity contribution is 6.03. The van der Waals surface area contributed by atoms with Crippen LogP contribution >= 0.6 is 0 Å². The summed E-state index contributed by atoms with van der Waals surface area (Å²) < 4.78 is 5.39. The predicted molar refractivity (Wildman–Crippen MR) is 94.9 cm³/mol. The van der Waals surface area contributed by atoms with Crippen LogP contribution in [0.5, 0.6) is 5.75 Å². The molecule has 6 nitrogen and oxygen atoms in total. The molecule has 2 N–H and O–H groups in total. The van der Waals surface area contributed by atoms with Gasteiger partial charge in [0.15, 0.2) is 0 Å². The minimum atomic E-state index is -0.923. The van der Waals surface area contributed by atoms with Gasteiger partial charge < -0.3 is 9.84 Å². The van der Waals surface area contributed by atoms with Crippen LogP contribution in [0.2, 0.25) is 0 Å². The van der Waals surface area contributed by atoms with Crippen molar-refractivity contribution in [3.8, 4) is 5.75 Å². The molecule has 0 atom stereocenters. The van der Waals surface area contributed by atoms with Gasteiger partial charge in [-0.25, -0.2) is 5.43 Å². The number of aliphatic carboxylic acids is 1. The van der Waals surface area contributed by atoms with Crippen LogP contribution in [0.15, 0.2) is 59.7 Å². The molecule has 0 heterocycles. The maximum atomic E-state index is 12.1. The number of carbonyl (C=O) groups is 2. The van der Waals surface area contributed by atoms with Gasteiger partial charge in [0.2, 0.25) is 0 Å². The van der Waals surface area contributed by atoms with E-state index in [1.807, 2.05) is 13.0 Å². The Labute approximate surface area is 146 Å². The quantitative estimate of drug-likeness (QED) is 0.571. The number of hydrazone groups is 1. The molecule has 0 aromatic heterocycles. The van der Waals surface area contributed by atoms with Gasteiger partial charge in [0.05, 0.1) is 18.7 Å². The molecule has 0 aliphatic heterocycles. The van der Waals surface area contributed by atoms with Gasteiger partial charge in [-0.3, -0.25) is 9.59 Å². The molecular formula is C19H20N2O4. The monoisotopic (exact) mass is 340 g/mol. The molecule has 6 heteroatoms. The van der Waals surface area contributed by atoms with E-state index in [1.165, 1.54) is 0 Å². The first-order chi connectivity index (χ1) is 12.1. The van der Waals surface area contributed by atoms with E-state index in [1.54, 1.807) is 48.5 Å². The molecule has 0 fully saturated rings. The fourth-order valence-corrected chi connectivity index (χ4v) is 2.17. The summed E-state index contributed by atoms with van der Waals surface area (Å²) in [6, 6.07) is 15.9. The van der Waals surface area contributed by atoms with Crippen LogP contribution < -0.4 is 10.2 Å². The van der Waals surface area contributed by atoms with Gasteiger partial charge in [0.1, 0.15) is 5.75 Å². The fraction of sp³-hybridized carbons (Fsp3) is 0.211. The number of ether oxygens (including phenoxy) is 1. The van der Waals surface area contributed by atoms with E-state index in [9.17, 15) is 9.59 Å². The zero-order valence-corrected chi connectivity index (χ0v) is 13.9. The Balaban J connectivity index is 2.16. The number of nitrogens with zero attached hydrogens (tertiary/aromatic N) is 1. The molecule has 0 saturated carbocycles. The Morgan fingerprint density at radius 1 is 1.00 bits per heavy atom. The van der Waals surface area contributed by atoms with Gasteiger partial charge in [-0.05, 0) is 48.9 Å². The summed E-state index contributed by atoms with van der Waals surface area (Å²) in [5, 5.41) is 13.0. The molecule has 0 spiro atoms. The highest BCUT2D eigenvalue weighted by atomic mass is 16.5. The Hall–Kier alpha value is -3.15. The molecule has 0 aliphatic carbocycles. The average Bonchev–Trinajstić information content (AvgIpc) is 2.63. The molecule has 25 heavy (non-hydrogen) atoms. The lowest BCUT2D eigenvalue weighted by Crippen LogP contribution is -2.20. The molecule has 0 radical (unpaired) electrons. The largest absolute Gasteiger partial charge is 0.494 e. The summed E-state index contributed by atoms with van der Waals surface area (Å²) in [5.41, 5.74) is 4.20. The summed E-state index contributed by atoms with van der Waals surface area (Å²) in [6.07, 6.45) is 0.131. The fourth-order valence-electron chi connectivity index (χ4n) is 2.17. The first-order valence-corrected chi connectivity index (χ1v) is 7.97. The zero-order valence-electron chi connectivity index (χ0n) is 13.9. The van der Waals surface area contributed by atoms with Crippen molar-refractivity contribution in [2.45, 2.75) is 19.8 Å². The van der Waals surface area contributed by atoms with Gasteiger partial charge in [-0.15, -0.1) is 0 Å². The SMILES string of the molecule is CCOc1ccc(/C(CCC(=O)O)=N/NC(=O)c2ccccc2)cc1. The predicted octanol–water partition coefficient (Wildman–Crippen LogP) is 3.08. The smallest absolute Gasteiger partial charge is 0.303 e. The van der Waals surface area contributed by atoms with Crippen LogP contribution in [0.1, 0.15) is 35.7 Å². The molecule has 2 aromatic carbocycles. The van der Waals surface area contributed by atoms with E-state index in [2.05, 4.69) is 10.5 Å². The van der Waals surface area contributed by atoms with Gasteiger partial charge in [0.25, 0.3) is 5.91 Å². The van der Waals surface area contributed by atoms with Crippen molar-refractivity contribution in [3.63, 3.8) is 0 Å². The lowest BCUT2D eigenvalue weighted by Gasteiger charge is -2.08. The minimum absolute atomic E-state index is 0.0761. The highest BCUT2D eigenvalue weighted by Crippen LogP contribution is 2.14. The van der Waals surface area contributed by atoms with E-state index in [4.69, 9.17) is 9.84 Å². The van der Waals surface area contributed by atoms with Crippen LogP contribution in [0.25, 0.3) is 0 Å². The van der Waals surface area contributed by atoms with Crippen molar-refractivity contribution in [1.29, 1.82) is 0 Å². The summed E-state index contributed by atoms with van der Waals surface area (Å²) >= 11 is 0. The molecule has 1 amide bonds. The van der Waals surface area contributed by atoms with Crippen LogP contribution in [0, 0.1) is 0 Å². The normalized spacial score (nSPS) is 11.0. The van der Waals surface area contributed by atoms with E-state index in [-0.39, 0.29) is 18.7 Å².